The lowest BCUT2D eigenvalue weighted by molar-refractivity contribution is -0.116. The molecule has 3 heterocycles. The van der Waals surface area contributed by atoms with Crippen LogP contribution in [0.25, 0.3) is 16.8 Å². The van der Waals surface area contributed by atoms with Crippen molar-refractivity contribution in [3.05, 3.63) is 94.3 Å². The molecule has 1 atom stereocenters. The maximum Gasteiger partial charge on any atom is 0.255 e. The average Bonchev–Trinajstić information content (AvgIpc) is 3.32. The van der Waals surface area contributed by atoms with Crippen molar-refractivity contribution in [3.8, 4) is 16.8 Å². The van der Waals surface area contributed by atoms with Gasteiger partial charge in [0, 0.05) is 29.4 Å². The number of nitrogens with zero attached hydrogens (tertiary/aromatic N) is 3. The first-order valence-corrected chi connectivity index (χ1v) is 13.1. The van der Waals surface area contributed by atoms with E-state index in [1.54, 1.807) is 43.5 Å². The van der Waals surface area contributed by atoms with Gasteiger partial charge in [-0.2, -0.15) is 5.10 Å². The molecular weight excluding hydrogens is 535 g/mol. The summed E-state index contributed by atoms with van der Waals surface area (Å²) in [5.74, 6) is -1.80. The van der Waals surface area contributed by atoms with Gasteiger partial charge in [0.1, 0.15) is 5.69 Å². The molecule has 0 fully saturated rings. The van der Waals surface area contributed by atoms with Crippen LogP contribution in [0.4, 0.5) is 10.1 Å². The Morgan fingerprint density at radius 1 is 1.18 bits per heavy atom. The summed E-state index contributed by atoms with van der Waals surface area (Å²) in [6, 6.07) is 12.6. The van der Waals surface area contributed by atoms with Crippen molar-refractivity contribution < 1.29 is 18.8 Å². The second kappa shape index (κ2) is 11.3. The van der Waals surface area contributed by atoms with Gasteiger partial charge in [0.25, 0.3) is 5.91 Å². The molecule has 3 amide bonds. The van der Waals surface area contributed by atoms with Crippen molar-refractivity contribution in [2.24, 2.45) is 5.73 Å². The Bertz CT molecular complexity index is 1640. The number of amides is 3. The van der Waals surface area contributed by atoms with E-state index in [-0.39, 0.29) is 40.1 Å². The summed E-state index contributed by atoms with van der Waals surface area (Å²) in [5.41, 5.74) is 9.14. The van der Waals surface area contributed by atoms with E-state index in [9.17, 15) is 18.8 Å². The molecule has 40 heavy (non-hydrogen) atoms. The van der Waals surface area contributed by atoms with Crippen molar-refractivity contribution in [2.45, 2.75) is 38.6 Å². The molecule has 0 aliphatic carbocycles. The summed E-state index contributed by atoms with van der Waals surface area (Å²) in [6.07, 6.45) is 5.05. The molecule has 2 aromatic heterocycles. The first-order valence-electron chi connectivity index (χ1n) is 12.7. The van der Waals surface area contributed by atoms with Crippen LogP contribution in [-0.4, -0.2) is 32.5 Å². The zero-order valence-electron chi connectivity index (χ0n) is 21.6. The van der Waals surface area contributed by atoms with Gasteiger partial charge in [0.05, 0.1) is 34.2 Å². The van der Waals surface area contributed by atoms with Gasteiger partial charge in [-0.05, 0) is 61.7 Å². The molecule has 5 rings (SSSR count). The van der Waals surface area contributed by atoms with Crippen LogP contribution in [0.3, 0.4) is 0 Å². The molecule has 0 radical (unpaired) electrons. The Hall–Kier alpha value is -4.57. The SMILES string of the molecule is Cc1c(C(=O)N[C@H]2CCCCC(=O)Nc3cc(C(N)=O)ccc3-c3ccnc2c3)cnn1-c1cccc(Cl)c1F. The first kappa shape index (κ1) is 27.0. The zero-order chi connectivity index (χ0) is 28.4. The van der Waals surface area contributed by atoms with E-state index < -0.39 is 17.8 Å². The maximum absolute atomic E-state index is 14.6. The highest BCUT2D eigenvalue weighted by molar-refractivity contribution is 6.30. The number of aromatic nitrogens is 3. The Kier molecular flexibility index (Phi) is 7.61. The van der Waals surface area contributed by atoms with Gasteiger partial charge in [-0.1, -0.05) is 30.2 Å². The van der Waals surface area contributed by atoms with Gasteiger partial charge in [0.2, 0.25) is 11.8 Å². The maximum atomic E-state index is 14.6. The lowest BCUT2D eigenvalue weighted by Gasteiger charge is -2.21. The highest BCUT2D eigenvalue weighted by Gasteiger charge is 2.23. The van der Waals surface area contributed by atoms with Gasteiger partial charge in [-0.3, -0.25) is 19.4 Å². The smallest absolute Gasteiger partial charge is 0.255 e. The second-order valence-electron chi connectivity index (χ2n) is 9.54. The number of nitrogens with one attached hydrogen (secondary N) is 2. The third-order valence-corrected chi connectivity index (χ3v) is 7.18. The molecular formula is C29H26ClFN6O3. The number of fused-ring (bicyclic) bond motifs is 4. The summed E-state index contributed by atoms with van der Waals surface area (Å²) >= 11 is 5.94. The molecule has 2 aromatic carbocycles. The van der Waals surface area contributed by atoms with Crippen LogP contribution in [0.15, 0.2) is 60.9 Å². The van der Waals surface area contributed by atoms with Gasteiger partial charge in [0.15, 0.2) is 5.82 Å². The minimum absolute atomic E-state index is 0.0429. The van der Waals surface area contributed by atoms with Crippen molar-refractivity contribution in [2.75, 3.05) is 5.32 Å². The monoisotopic (exact) mass is 560 g/mol. The van der Waals surface area contributed by atoms with Gasteiger partial charge >= 0.3 is 0 Å². The van der Waals surface area contributed by atoms with Crippen molar-refractivity contribution in [1.82, 2.24) is 20.1 Å². The van der Waals surface area contributed by atoms with E-state index in [1.165, 1.54) is 23.0 Å². The highest BCUT2D eigenvalue weighted by atomic mass is 35.5. The number of halogens is 2. The first-order chi connectivity index (χ1) is 19.2. The average molecular weight is 561 g/mol. The minimum Gasteiger partial charge on any atom is -0.366 e. The Balaban J connectivity index is 1.48. The Morgan fingerprint density at radius 2 is 2.00 bits per heavy atom. The number of nitrogens with two attached hydrogens (primary N) is 1. The number of hydrogen-bond donors (Lipinski definition) is 3. The minimum atomic E-state index is -0.630. The molecule has 0 unspecified atom stereocenters. The fourth-order valence-electron chi connectivity index (χ4n) is 4.77. The molecule has 4 aromatic rings. The molecule has 4 N–H and O–H groups in total. The fraction of sp³-hybridized carbons (Fsp3) is 0.207. The summed E-state index contributed by atoms with van der Waals surface area (Å²) in [4.78, 5) is 42.4. The normalized spacial score (nSPS) is 15.3. The number of carbonyl (C=O) groups excluding carboxylic acids is 3. The lowest BCUT2D eigenvalue weighted by Crippen LogP contribution is -2.29. The zero-order valence-corrected chi connectivity index (χ0v) is 22.3. The number of carbonyl (C=O) groups is 3. The Labute approximate surface area is 234 Å². The van der Waals surface area contributed by atoms with Crippen LogP contribution in [0.1, 0.15) is 63.8 Å². The summed E-state index contributed by atoms with van der Waals surface area (Å²) < 4.78 is 16.0. The number of hydrogen-bond acceptors (Lipinski definition) is 5. The number of benzene rings is 2. The van der Waals surface area contributed by atoms with Gasteiger partial charge in [-0.25, -0.2) is 9.07 Å². The van der Waals surface area contributed by atoms with Crippen molar-refractivity contribution in [1.29, 1.82) is 0 Å². The van der Waals surface area contributed by atoms with Crippen LogP contribution < -0.4 is 16.4 Å². The van der Waals surface area contributed by atoms with Gasteiger partial charge in [-0.15, -0.1) is 0 Å². The molecule has 0 spiro atoms. The van der Waals surface area contributed by atoms with E-state index in [1.807, 2.05) is 6.07 Å². The van der Waals surface area contributed by atoms with E-state index in [0.717, 1.165) is 5.56 Å². The number of pyridine rings is 1. The van der Waals surface area contributed by atoms with E-state index in [4.69, 9.17) is 17.3 Å². The van der Waals surface area contributed by atoms with Crippen LogP contribution in [0.2, 0.25) is 5.02 Å². The van der Waals surface area contributed by atoms with Crippen LogP contribution in [0, 0.1) is 12.7 Å². The number of anilines is 1. The molecule has 0 saturated heterocycles. The summed E-state index contributed by atoms with van der Waals surface area (Å²) in [6.45, 7) is 1.68. The lowest BCUT2D eigenvalue weighted by atomic mass is 9.97. The van der Waals surface area contributed by atoms with Crippen LogP contribution in [-0.2, 0) is 4.79 Å². The van der Waals surface area contributed by atoms with Gasteiger partial charge < -0.3 is 16.4 Å². The van der Waals surface area contributed by atoms with Crippen molar-refractivity contribution >= 4 is 35.0 Å². The standard InChI is InChI=1S/C29H26ClFN6O3/c1-16-20(15-34-37(16)25-7-4-5-21(30)27(25)31)29(40)36-22-6-2-3-8-26(38)35-23-14-18(28(32)39)9-10-19(23)17-11-12-33-24(22)13-17/h4-5,7,9-15,22H,2-3,6,8H2,1H3,(H2,32,39)(H,35,38)(H,36,40)/t22-/m0/s1. The molecule has 204 valence electrons. The van der Waals surface area contributed by atoms with E-state index in [2.05, 4.69) is 20.7 Å². The summed E-state index contributed by atoms with van der Waals surface area (Å²) in [5, 5.41) is 10.1. The van der Waals surface area contributed by atoms with Crippen LogP contribution >= 0.6 is 11.6 Å². The predicted octanol–water partition coefficient (Wildman–Crippen LogP) is 5.12. The molecule has 0 saturated carbocycles. The van der Waals surface area contributed by atoms with E-state index >= 15 is 0 Å². The largest absolute Gasteiger partial charge is 0.366 e. The number of primary amides is 1. The topological polar surface area (TPSA) is 132 Å². The third-order valence-electron chi connectivity index (χ3n) is 6.89. The molecule has 2 bridgehead atoms. The second-order valence-corrected chi connectivity index (χ2v) is 9.95. The molecule has 1 aliphatic rings. The highest BCUT2D eigenvalue weighted by Crippen LogP contribution is 2.32. The quantitative estimate of drug-likeness (QED) is 0.319. The van der Waals surface area contributed by atoms with Crippen LogP contribution in [0.5, 0.6) is 0 Å². The molecule has 9 nitrogen and oxygen atoms in total. The fourth-order valence-corrected chi connectivity index (χ4v) is 4.94. The number of rotatable bonds is 4. The van der Waals surface area contributed by atoms with E-state index in [0.29, 0.717) is 41.9 Å². The Morgan fingerprint density at radius 3 is 2.80 bits per heavy atom. The predicted molar refractivity (Wildman–Crippen MR) is 149 cm³/mol. The molecule has 11 heteroatoms. The van der Waals surface area contributed by atoms with Crippen molar-refractivity contribution in [3.63, 3.8) is 0 Å². The summed E-state index contributed by atoms with van der Waals surface area (Å²) in [7, 11) is 0. The third kappa shape index (κ3) is 5.43. The molecule has 1 aliphatic heterocycles.